The molecule has 1 heterocycles. The van der Waals surface area contributed by atoms with Crippen molar-refractivity contribution in [2.75, 3.05) is 0 Å². The Balaban J connectivity index is 1.84. The number of pyridine rings is 1. The predicted octanol–water partition coefficient (Wildman–Crippen LogP) is 6.84. The van der Waals surface area contributed by atoms with Gasteiger partial charge in [-0.15, -0.1) is 0 Å². The summed E-state index contributed by atoms with van der Waals surface area (Å²) in [6, 6.07) is 28.0. The molecule has 0 spiro atoms. The van der Waals surface area contributed by atoms with E-state index in [9.17, 15) is 9.59 Å². The monoisotopic (exact) mass is 431 g/mol. The van der Waals surface area contributed by atoms with Crippen LogP contribution in [0.3, 0.4) is 0 Å². The number of rotatable bonds is 5. The Morgan fingerprint density at radius 3 is 1.37 bits per heavy atom. The summed E-state index contributed by atoms with van der Waals surface area (Å²) in [5, 5.41) is -0.996. The van der Waals surface area contributed by atoms with Gasteiger partial charge in [0.1, 0.15) is 0 Å². The highest BCUT2D eigenvalue weighted by Gasteiger charge is 2.11. The lowest BCUT2D eigenvalue weighted by molar-refractivity contribution is 0.107. The number of halogens is 2. The highest BCUT2D eigenvalue weighted by molar-refractivity contribution is 6.68. The van der Waals surface area contributed by atoms with Gasteiger partial charge in [-0.1, -0.05) is 54.6 Å². The molecule has 30 heavy (non-hydrogen) atoms. The van der Waals surface area contributed by atoms with Gasteiger partial charge >= 0.3 is 0 Å². The zero-order valence-corrected chi connectivity index (χ0v) is 17.2. The van der Waals surface area contributed by atoms with Crippen molar-refractivity contribution in [2.24, 2.45) is 0 Å². The number of aromatic nitrogens is 1. The van der Waals surface area contributed by atoms with E-state index in [4.69, 9.17) is 28.2 Å². The Morgan fingerprint density at radius 1 is 0.533 bits per heavy atom. The minimum absolute atomic E-state index is 0.432. The quantitative estimate of drug-likeness (QED) is 0.325. The molecule has 0 N–H and O–H groups in total. The lowest BCUT2D eigenvalue weighted by Crippen LogP contribution is -1.93. The molecule has 0 atom stereocenters. The molecule has 3 aromatic carbocycles. The van der Waals surface area contributed by atoms with Gasteiger partial charge in [0.2, 0.25) is 0 Å². The maximum absolute atomic E-state index is 11.4. The van der Waals surface area contributed by atoms with E-state index < -0.39 is 10.5 Å². The lowest BCUT2D eigenvalue weighted by atomic mass is 9.99. The van der Waals surface area contributed by atoms with Gasteiger partial charge < -0.3 is 0 Å². The van der Waals surface area contributed by atoms with Crippen molar-refractivity contribution in [3.63, 3.8) is 0 Å². The van der Waals surface area contributed by atoms with E-state index in [1.54, 1.807) is 24.3 Å². The summed E-state index contributed by atoms with van der Waals surface area (Å²) >= 11 is 11.1. The lowest BCUT2D eigenvalue weighted by Gasteiger charge is -2.11. The second kappa shape index (κ2) is 8.62. The first-order chi connectivity index (χ1) is 14.5. The Morgan fingerprint density at radius 2 is 0.967 bits per heavy atom. The van der Waals surface area contributed by atoms with Crippen LogP contribution < -0.4 is 0 Å². The topological polar surface area (TPSA) is 47.0 Å². The molecule has 146 valence electrons. The third-order valence-electron chi connectivity index (χ3n) is 4.75. The average Bonchev–Trinajstić information content (AvgIpc) is 2.79. The largest absolute Gasteiger partial charge is 0.276 e. The predicted molar refractivity (Wildman–Crippen MR) is 121 cm³/mol. The molecule has 0 bridgehead atoms. The molecule has 4 rings (SSSR count). The number of nitrogens with zero attached hydrogens (tertiary/aromatic N) is 1. The molecule has 0 aliphatic rings. The van der Waals surface area contributed by atoms with Crippen LogP contribution in [0, 0.1) is 0 Å². The van der Waals surface area contributed by atoms with Gasteiger partial charge in [0.25, 0.3) is 10.5 Å². The zero-order chi connectivity index (χ0) is 21.1. The Labute approximate surface area is 183 Å². The van der Waals surface area contributed by atoms with Crippen molar-refractivity contribution in [3.05, 3.63) is 102 Å². The van der Waals surface area contributed by atoms with Gasteiger partial charge in [0, 0.05) is 22.3 Å². The molecule has 5 heteroatoms. The SMILES string of the molecule is O=C(Cl)c1ccc(-c2cc(-c3ccccc3)cc(-c3ccc(C(=O)Cl)cc3)n2)cc1. The van der Waals surface area contributed by atoms with Gasteiger partial charge in [-0.2, -0.15) is 0 Å². The standard InChI is InChI=1S/C25H15Cl2NO2/c26-24(29)19-10-6-17(7-11-19)22-14-21(16-4-2-1-3-5-16)15-23(28-22)18-8-12-20(13-9-18)25(27)30/h1-15H. The Hall–Kier alpha value is -3.27. The highest BCUT2D eigenvalue weighted by Crippen LogP contribution is 2.30. The summed E-state index contributed by atoms with van der Waals surface area (Å²) in [6.45, 7) is 0. The van der Waals surface area contributed by atoms with Crippen molar-refractivity contribution in [3.8, 4) is 33.6 Å². The molecule has 0 saturated carbocycles. The molecule has 3 nitrogen and oxygen atoms in total. The van der Waals surface area contributed by atoms with Crippen LogP contribution >= 0.6 is 23.2 Å². The van der Waals surface area contributed by atoms with Gasteiger partial charge in [-0.25, -0.2) is 4.98 Å². The summed E-state index contributed by atoms with van der Waals surface area (Å²) in [7, 11) is 0. The van der Waals surface area contributed by atoms with Gasteiger partial charge in [-0.3, -0.25) is 9.59 Å². The molecule has 0 radical (unpaired) electrons. The van der Waals surface area contributed by atoms with E-state index in [0.29, 0.717) is 11.1 Å². The van der Waals surface area contributed by atoms with Gasteiger partial charge in [0.05, 0.1) is 11.4 Å². The first-order valence-corrected chi connectivity index (χ1v) is 9.95. The Bertz CT molecular complexity index is 1140. The molecular weight excluding hydrogens is 417 g/mol. The van der Waals surface area contributed by atoms with Crippen LogP contribution in [0.5, 0.6) is 0 Å². The molecule has 1 aromatic heterocycles. The van der Waals surface area contributed by atoms with Gasteiger partial charge in [0.15, 0.2) is 0 Å². The third kappa shape index (κ3) is 4.33. The molecule has 0 saturated heterocycles. The highest BCUT2D eigenvalue weighted by atomic mass is 35.5. The molecule has 4 aromatic rings. The van der Waals surface area contributed by atoms with E-state index in [0.717, 1.165) is 33.6 Å². The number of carbonyl (C=O) groups excluding carboxylic acids is 2. The smallest absolute Gasteiger partial charge is 0.252 e. The van der Waals surface area contributed by atoms with E-state index in [-0.39, 0.29) is 0 Å². The third-order valence-corrected chi connectivity index (χ3v) is 5.18. The number of carbonyl (C=O) groups is 2. The normalized spacial score (nSPS) is 10.6. The van der Waals surface area contributed by atoms with E-state index in [1.165, 1.54) is 0 Å². The minimum atomic E-state index is -0.498. The molecule has 0 amide bonds. The van der Waals surface area contributed by atoms with Gasteiger partial charge in [-0.05, 0) is 70.7 Å². The first kappa shape index (κ1) is 20.0. The minimum Gasteiger partial charge on any atom is -0.276 e. The van der Waals surface area contributed by atoms with Crippen LogP contribution in [0.1, 0.15) is 20.7 Å². The van der Waals surface area contributed by atoms with Crippen LogP contribution in [0.25, 0.3) is 33.6 Å². The van der Waals surface area contributed by atoms with E-state index in [2.05, 4.69) is 0 Å². The van der Waals surface area contributed by atoms with Crippen LogP contribution in [-0.4, -0.2) is 15.5 Å². The number of hydrogen-bond acceptors (Lipinski definition) is 3. The van der Waals surface area contributed by atoms with Crippen molar-refractivity contribution >= 4 is 33.7 Å². The number of benzene rings is 3. The van der Waals surface area contributed by atoms with Crippen LogP contribution in [-0.2, 0) is 0 Å². The van der Waals surface area contributed by atoms with Crippen LogP contribution in [0.4, 0.5) is 0 Å². The van der Waals surface area contributed by atoms with Crippen LogP contribution in [0.2, 0.25) is 0 Å². The first-order valence-electron chi connectivity index (χ1n) is 9.19. The fraction of sp³-hybridized carbons (Fsp3) is 0. The zero-order valence-electron chi connectivity index (χ0n) is 15.7. The summed E-state index contributed by atoms with van der Waals surface area (Å²) in [4.78, 5) is 27.5. The maximum atomic E-state index is 11.4. The average molecular weight is 432 g/mol. The Kier molecular flexibility index (Phi) is 5.75. The van der Waals surface area contributed by atoms with Crippen molar-refractivity contribution < 1.29 is 9.59 Å². The van der Waals surface area contributed by atoms with E-state index in [1.807, 2.05) is 66.7 Å². The van der Waals surface area contributed by atoms with Crippen molar-refractivity contribution in [2.45, 2.75) is 0 Å². The second-order valence-electron chi connectivity index (χ2n) is 6.69. The fourth-order valence-corrected chi connectivity index (χ4v) is 3.42. The summed E-state index contributed by atoms with van der Waals surface area (Å²) in [5.74, 6) is 0. The fourth-order valence-electron chi connectivity index (χ4n) is 3.17. The summed E-state index contributed by atoms with van der Waals surface area (Å²) < 4.78 is 0. The molecule has 0 aliphatic carbocycles. The number of hydrogen-bond donors (Lipinski definition) is 0. The summed E-state index contributed by atoms with van der Waals surface area (Å²) in [6.07, 6.45) is 0. The molecular formula is C25H15Cl2NO2. The maximum Gasteiger partial charge on any atom is 0.252 e. The van der Waals surface area contributed by atoms with Crippen LogP contribution in [0.15, 0.2) is 91.0 Å². The van der Waals surface area contributed by atoms with E-state index >= 15 is 0 Å². The molecule has 0 unspecified atom stereocenters. The molecule has 0 fully saturated rings. The molecule has 0 aliphatic heterocycles. The van der Waals surface area contributed by atoms with Crippen molar-refractivity contribution in [1.82, 2.24) is 4.98 Å². The summed E-state index contributed by atoms with van der Waals surface area (Å²) in [5.41, 5.74) is 6.18. The van der Waals surface area contributed by atoms with Crippen molar-refractivity contribution in [1.29, 1.82) is 0 Å². The second-order valence-corrected chi connectivity index (χ2v) is 7.38.